The quantitative estimate of drug-likeness (QED) is 0.755. The zero-order chi connectivity index (χ0) is 15.9. The Kier molecular flexibility index (Phi) is 7.14. The highest BCUT2D eigenvalue weighted by Gasteiger charge is 2.32. The van der Waals surface area contributed by atoms with Crippen LogP contribution in [0.3, 0.4) is 0 Å². The van der Waals surface area contributed by atoms with Crippen molar-refractivity contribution in [3.63, 3.8) is 0 Å². The van der Waals surface area contributed by atoms with Crippen LogP contribution in [0.25, 0.3) is 0 Å². The van der Waals surface area contributed by atoms with E-state index in [2.05, 4.69) is 10.2 Å². The van der Waals surface area contributed by atoms with Crippen LogP contribution < -0.4 is 5.32 Å². The molecule has 124 valence electrons. The highest BCUT2D eigenvalue weighted by molar-refractivity contribution is 7.98. The smallest absolute Gasteiger partial charge is 0.248 e. The van der Waals surface area contributed by atoms with Crippen molar-refractivity contribution in [2.24, 2.45) is 0 Å². The monoisotopic (exact) mass is 346 g/mol. The molecule has 2 N–H and O–H groups in total. The van der Waals surface area contributed by atoms with Gasteiger partial charge in [-0.25, -0.2) is 4.39 Å². The van der Waals surface area contributed by atoms with Crippen LogP contribution in [0.5, 0.6) is 0 Å². The molecule has 4 nitrogen and oxygen atoms in total. The Hall–Kier alpha value is -0.630. The van der Waals surface area contributed by atoms with Gasteiger partial charge in [0.2, 0.25) is 5.91 Å². The van der Waals surface area contributed by atoms with Crippen LogP contribution in [0.2, 0.25) is 0 Å². The summed E-state index contributed by atoms with van der Waals surface area (Å²) in [5, 5.41) is 14.5. The first-order valence-corrected chi connectivity index (χ1v) is 9.72. The molecule has 0 aromatic carbocycles. The topological polar surface area (TPSA) is 52.6 Å². The maximum atomic E-state index is 13.7. The van der Waals surface area contributed by atoms with Gasteiger partial charge in [-0.05, 0) is 36.3 Å². The van der Waals surface area contributed by atoms with E-state index in [-0.39, 0.29) is 11.9 Å². The number of hydrogen-bond donors (Lipinski definition) is 2. The molecule has 22 heavy (non-hydrogen) atoms. The number of nitrogens with one attached hydrogen (secondary N) is 1. The minimum Gasteiger partial charge on any atom is -0.383 e. The number of nitrogens with zero attached hydrogens (tertiary/aromatic N) is 1. The van der Waals surface area contributed by atoms with E-state index in [0.717, 1.165) is 5.75 Å². The second-order valence-electron chi connectivity index (χ2n) is 5.54. The van der Waals surface area contributed by atoms with E-state index in [1.807, 2.05) is 23.8 Å². The zero-order valence-corrected chi connectivity index (χ0v) is 14.3. The number of aliphatic hydroxyl groups excluding tert-OH is 1. The van der Waals surface area contributed by atoms with Crippen LogP contribution in [0, 0.1) is 0 Å². The van der Waals surface area contributed by atoms with Crippen LogP contribution in [0.1, 0.15) is 17.7 Å². The fourth-order valence-corrected chi connectivity index (χ4v) is 3.82. The van der Waals surface area contributed by atoms with E-state index in [1.165, 1.54) is 4.88 Å². The van der Waals surface area contributed by atoms with Crippen molar-refractivity contribution in [2.45, 2.75) is 37.7 Å². The lowest BCUT2D eigenvalue weighted by molar-refractivity contribution is -0.129. The number of thiophene rings is 1. The third kappa shape index (κ3) is 5.22. The molecule has 1 saturated heterocycles. The molecule has 1 amide bonds. The van der Waals surface area contributed by atoms with Gasteiger partial charge in [-0.15, -0.1) is 11.3 Å². The molecule has 0 aliphatic carbocycles. The van der Waals surface area contributed by atoms with Gasteiger partial charge in [0.05, 0.1) is 0 Å². The zero-order valence-electron chi connectivity index (χ0n) is 12.7. The first-order chi connectivity index (χ1) is 10.6. The van der Waals surface area contributed by atoms with Gasteiger partial charge in [-0.3, -0.25) is 9.69 Å². The number of thioether (sulfide) groups is 1. The van der Waals surface area contributed by atoms with Gasteiger partial charge in [0.15, 0.2) is 0 Å². The number of amides is 1. The van der Waals surface area contributed by atoms with Crippen LogP contribution in [-0.4, -0.2) is 59.3 Å². The molecule has 7 heteroatoms. The number of carbonyl (C=O) groups is 1. The molecule has 0 spiro atoms. The Bertz CT molecular complexity index is 458. The summed E-state index contributed by atoms with van der Waals surface area (Å²) in [6.45, 7) is 1.52. The summed E-state index contributed by atoms with van der Waals surface area (Å²) in [7, 11) is 0. The van der Waals surface area contributed by atoms with Crippen LogP contribution >= 0.6 is 23.1 Å². The average Bonchev–Trinajstić information content (AvgIpc) is 3.12. The highest BCUT2D eigenvalue weighted by Crippen LogP contribution is 2.23. The molecule has 1 fully saturated rings. The lowest BCUT2D eigenvalue weighted by Crippen LogP contribution is -2.43. The summed E-state index contributed by atoms with van der Waals surface area (Å²) >= 11 is 3.25. The van der Waals surface area contributed by atoms with Crippen LogP contribution in [0.15, 0.2) is 17.5 Å². The maximum absolute atomic E-state index is 13.7. The summed E-state index contributed by atoms with van der Waals surface area (Å²) in [6.07, 6.45) is 1.01. The van der Waals surface area contributed by atoms with Crippen molar-refractivity contribution in [3.05, 3.63) is 22.4 Å². The largest absolute Gasteiger partial charge is 0.383 e. The lowest BCUT2D eigenvalue weighted by Gasteiger charge is -2.24. The highest BCUT2D eigenvalue weighted by atomic mass is 32.2. The summed E-state index contributed by atoms with van der Waals surface area (Å²) in [5.41, 5.74) is 0. The number of carbonyl (C=O) groups excluding carboxylic acids is 1. The summed E-state index contributed by atoms with van der Waals surface area (Å²) < 4.78 is 13.7. The molecule has 1 aliphatic heterocycles. The molecule has 0 saturated carbocycles. The Balaban J connectivity index is 1.80. The number of likely N-dealkylation sites (tertiary alicyclic amines) is 1. The molecule has 1 aromatic heterocycles. The van der Waals surface area contributed by atoms with E-state index in [9.17, 15) is 14.3 Å². The van der Waals surface area contributed by atoms with E-state index >= 15 is 0 Å². The Morgan fingerprint density at radius 2 is 2.50 bits per heavy atom. The summed E-state index contributed by atoms with van der Waals surface area (Å²) in [6, 6.07) is 4.02. The molecule has 2 heterocycles. The molecule has 3 atom stereocenters. The Morgan fingerprint density at radius 1 is 1.68 bits per heavy atom. The van der Waals surface area contributed by atoms with Crippen molar-refractivity contribution < 1.29 is 14.3 Å². The fraction of sp³-hybridized carbons (Fsp3) is 0.667. The Morgan fingerprint density at radius 3 is 3.18 bits per heavy atom. The van der Waals surface area contributed by atoms with E-state index in [0.29, 0.717) is 32.5 Å². The predicted octanol–water partition coefficient (Wildman–Crippen LogP) is 1.89. The van der Waals surface area contributed by atoms with Crippen molar-refractivity contribution in [1.82, 2.24) is 10.2 Å². The molecular formula is C15H23FN2O2S2. The Labute approximate surface area is 139 Å². The van der Waals surface area contributed by atoms with Crippen molar-refractivity contribution >= 4 is 29.0 Å². The second kappa shape index (κ2) is 8.86. The van der Waals surface area contributed by atoms with E-state index in [1.54, 1.807) is 23.1 Å². The van der Waals surface area contributed by atoms with E-state index in [4.69, 9.17) is 0 Å². The molecule has 2 rings (SSSR count). The van der Waals surface area contributed by atoms with Crippen molar-refractivity contribution in [1.29, 1.82) is 0 Å². The average molecular weight is 346 g/mol. The van der Waals surface area contributed by atoms with Gasteiger partial charge in [0, 0.05) is 30.6 Å². The molecule has 1 unspecified atom stereocenters. The van der Waals surface area contributed by atoms with Gasteiger partial charge in [0.25, 0.3) is 0 Å². The van der Waals surface area contributed by atoms with Gasteiger partial charge < -0.3 is 10.4 Å². The maximum Gasteiger partial charge on any atom is 0.248 e. The SMILES string of the molecule is CSCCC(O)C(=O)NC[C@@H]1C[C@H](F)CN1Cc1cccs1. The fourth-order valence-electron chi connectivity index (χ4n) is 2.63. The summed E-state index contributed by atoms with van der Waals surface area (Å²) in [5.74, 6) is 0.391. The third-order valence-corrected chi connectivity index (χ3v) is 5.33. The minimum absolute atomic E-state index is 0.00574. The lowest BCUT2D eigenvalue weighted by atomic mass is 10.2. The first-order valence-electron chi connectivity index (χ1n) is 7.45. The number of aliphatic hydroxyl groups is 1. The number of alkyl halides is 1. The van der Waals surface area contributed by atoms with Gasteiger partial charge in [-0.1, -0.05) is 6.07 Å². The van der Waals surface area contributed by atoms with Crippen LogP contribution in [-0.2, 0) is 11.3 Å². The predicted molar refractivity (Wildman–Crippen MR) is 90.0 cm³/mol. The summed E-state index contributed by atoms with van der Waals surface area (Å²) in [4.78, 5) is 15.1. The van der Waals surface area contributed by atoms with Crippen molar-refractivity contribution in [3.8, 4) is 0 Å². The minimum atomic E-state index is -0.972. The normalized spacial score (nSPS) is 23.6. The second-order valence-corrected chi connectivity index (χ2v) is 7.56. The molecular weight excluding hydrogens is 323 g/mol. The van der Waals surface area contributed by atoms with Gasteiger partial charge in [0.1, 0.15) is 12.3 Å². The molecule has 0 radical (unpaired) electrons. The first kappa shape index (κ1) is 17.7. The van der Waals surface area contributed by atoms with Crippen LogP contribution in [0.4, 0.5) is 4.39 Å². The molecule has 1 aliphatic rings. The van der Waals surface area contributed by atoms with Crippen molar-refractivity contribution in [2.75, 3.05) is 25.1 Å². The third-order valence-electron chi connectivity index (χ3n) is 3.83. The number of halogens is 1. The number of hydrogen-bond acceptors (Lipinski definition) is 5. The van der Waals surface area contributed by atoms with Gasteiger partial charge in [-0.2, -0.15) is 11.8 Å². The standard InChI is InChI=1S/C15H23FN2O2S2/c1-21-6-4-14(19)15(20)17-8-12-7-11(16)9-18(12)10-13-3-2-5-22-13/h2-3,5,11-12,14,19H,4,6-10H2,1H3,(H,17,20)/t11-,12-,14?/m0/s1. The van der Waals surface area contributed by atoms with E-state index < -0.39 is 12.3 Å². The molecule has 0 bridgehead atoms. The molecule has 1 aromatic rings. The van der Waals surface area contributed by atoms with Gasteiger partial charge >= 0.3 is 0 Å². The number of rotatable bonds is 8.